The maximum atomic E-state index is 13.1. The molecule has 3 N–H and O–H groups in total. The van der Waals surface area contributed by atoms with Crippen molar-refractivity contribution < 1.29 is 80.2 Å². The molecule has 0 rings (SSSR count). The molecule has 0 heterocycles. The number of rotatable bonds is 71. The highest BCUT2D eigenvalue weighted by Crippen LogP contribution is 2.45. The quantitative estimate of drug-likeness (QED) is 0.0169. The summed E-state index contributed by atoms with van der Waals surface area (Å²) >= 11 is 0. The van der Waals surface area contributed by atoms with Crippen molar-refractivity contribution in [3.63, 3.8) is 0 Å². The van der Waals surface area contributed by atoms with Crippen molar-refractivity contribution in [3.8, 4) is 0 Å². The lowest BCUT2D eigenvalue weighted by Gasteiger charge is -2.21. The highest BCUT2D eigenvalue weighted by molar-refractivity contribution is 7.47. The Morgan fingerprint density at radius 1 is 0.351 bits per heavy atom. The zero-order chi connectivity index (χ0) is 69.4. The highest BCUT2D eigenvalue weighted by Gasteiger charge is 2.30. The minimum absolute atomic E-state index is 0.0838. The van der Waals surface area contributed by atoms with Gasteiger partial charge in [0, 0.05) is 25.7 Å². The second-order valence-corrected chi connectivity index (χ2v) is 30.5. The second kappa shape index (κ2) is 65.2. The third-order valence-corrected chi connectivity index (χ3v) is 19.0. The van der Waals surface area contributed by atoms with E-state index < -0.39 is 97.5 Å². The van der Waals surface area contributed by atoms with E-state index >= 15 is 0 Å². The molecule has 0 spiro atoms. The predicted octanol–water partition coefficient (Wildman–Crippen LogP) is 21.3. The second-order valence-electron chi connectivity index (χ2n) is 27.5. The first kappa shape index (κ1) is 91.5. The number of aliphatic hydroxyl groups excluding tert-OH is 1. The Morgan fingerprint density at radius 2 is 0.628 bits per heavy atom. The van der Waals surface area contributed by atoms with Crippen LogP contribution >= 0.6 is 15.6 Å². The van der Waals surface area contributed by atoms with Crippen molar-refractivity contribution in [1.82, 2.24) is 0 Å². The Balaban J connectivity index is 5.27. The summed E-state index contributed by atoms with van der Waals surface area (Å²) < 4.78 is 68.4. The van der Waals surface area contributed by atoms with Gasteiger partial charge in [0.2, 0.25) is 0 Å². The van der Waals surface area contributed by atoms with Gasteiger partial charge in [0.1, 0.15) is 19.3 Å². The van der Waals surface area contributed by atoms with E-state index in [1.807, 2.05) is 0 Å². The molecule has 554 valence electrons. The maximum Gasteiger partial charge on any atom is 0.472 e. The minimum atomic E-state index is -4.96. The summed E-state index contributed by atoms with van der Waals surface area (Å²) in [5.74, 6) is 0.108. The van der Waals surface area contributed by atoms with E-state index in [0.717, 1.165) is 127 Å². The molecule has 0 radical (unpaired) electrons. The highest BCUT2D eigenvalue weighted by atomic mass is 31.2. The Hall–Kier alpha value is -2.46. The van der Waals surface area contributed by atoms with Crippen molar-refractivity contribution in [2.24, 2.45) is 17.8 Å². The van der Waals surface area contributed by atoms with Crippen LogP contribution in [0, 0.1) is 17.8 Å². The molecule has 0 amide bonds. The van der Waals surface area contributed by atoms with Crippen molar-refractivity contribution in [1.29, 1.82) is 0 Å². The molecule has 94 heavy (non-hydrogen) atoms. The number of hydrogen-bond acceptors (Lipinski definition) is 15. The third kappa shape index (κ3) is 66.8. The average Bonchev–Trinajstić information content (AvgIpc) is 1.54. The van der Waals surface area contributed by atoms with E-state index in [0.29, 0.717) is 25.7 Å². The summed E-state index contributed by atoms with van der Waals surface area (Å²) in [4.78, 5) is 72.7. The largest absolute Gasteiger partial charge is 0.472 e. The number of unbranched alkanes of at least 4 members (excludes halogenated alkanes) is 35. The molecular weight excluding hydrogens is 1230 g/mol. The molecule has 0 saturated heterocycles. The first-order valence-corrected chi connectivity index (χ1v) is 41.2. The maximum absolute atomic E-state index is 13.1. The van der Waals surface area contributed by atoms with Crippen LogP contribution in [0.2, 0.25) is 0 Å². The summed E-state index contributed by atoms with van der Waals surface area (Å²) in [7, 11) is -9.92. The molecule has 17 nitrogen and oxygen atoms in total. The van der Waals surface area contributed by atoms with Crippen LogP contribution in [0.25, 0.3) is 0 Å². The van der Waals surface area contributed by atoms with Gasteiger partial charge in [-0.15, -0.1) is 0 Å². The van der Waals surface area contributed by atoms with Crippen LogP contribution < -0.4 is 0 Å². The van der Waals surface area contributed by atoms with Gasteiger partial charge >= 0.3 is 39.5 Å². The van der Waals surface area contributed by atoms with E-state index in [2.05, 4.69) is 72.8 Å². The van der Waals surface area contributed by atoms with Crippen LogP contribution in [0.4, 0.5) is 0 Å². The lowest BCUT2D eigenvalue weighted by atomic mass is 10.00. The lowest BCUT2D eigenvalue weighted by molar-refractivity contribution is -0.161. The Bertz CT molecular complexity index is 1930. The smallest absolute Gasteiger partial charge is 0.462 e. The van der Waals surface area contributed by atoms with E-state index in [1.54, 1.807) is 0 Å². The van der Waals surface area contributed by atoms with Crippen LogP contribution in [0.15, 0.2) is 24.3 Å². The molecule has 0 aromatic carbocycles. The number of aliphatic hydroxyl groups is 1. The summed E-state index contributed by atoms with van der Waals surface area (Å²) in [6.07, 6.45) is 53.6. The molecule has 0 aromatic rings. The Labute approximate surface area is 573 Å². The molecular formula is C75H142O17P2. The number of esters is 4. The minimum Gasteiger partial charge on any atom is -0.462 e. The van der Waals surface area contributed by atoms with Gasteiger partial charge in [-0.1, -0.05) is 304 Å². The Kier molecular flexibility index (Phi) is 63.5. The van der Waals surface area contributed by atoms with Crippen molar-refractivity contribution in [2.75, 3.05) is 39.6 Å². The molecule has 0 fully saturated rings. The topological polar surface area (TPSA) is 237 Å². The molecule has 0 aliphatic rings. The fourth-order valence-electron chi connectivity index (χ4n) is 10.9. The summed E-state index contributed by atoms with van der Waals surface area (Å²) in [6, 6.07) is 0. The molecule has 19 heteroatoms. The summed E-state index contributed by atoms with van der Waals surface area (Å²) in [5, 5.41) is 10.6. The fourth-order valence-corrected chi connectivity index (χ4v) is 12.4. The molecule has 0 bridgehead atoms. The number of phosphoric ester groups is 2. The van der Waals surface area contributed by atoms with Crippen LogP contribution in [0.1, 0.15) is 357 Å². The van der Waals surface area contributed by atoms with Gasteiger partial charge in [-0.25, -0.2) is 9.13 Å². The number of ether oxygens (including phenoxy) is 4. The van der Waals surface area contributed by atoms with E-state index in [9.17, 15) is 43.2 Å². The standard InChI is InChI=1S/C75H142O17P2/c1-8-10-11-12-13-14-15-16-17-22-25-30-35-44-51-58-74(79)92-71(63-86-73(78)57-50-43-38-37-41-48-55-68(7)9-2)65-90-94(83,84)88-61-69(76)60-87-93(81,82)89-64-70(91-75(80)59-52-45-36-31-26-28-33-40-47-54-67(5)6)62-85-72(77)56-49-42-34-29-24-21-19-18-20-23-27-32-39-46-53-66(3)4/h14-17,66-71,76H,8-13,18-65H2,1-7H3,(H,81,82)(H,83,84)/b15-14-,17-16-/t68?,69-,70-,71-/m1/s1. The molecule has 0 aliphatic carbocycles. The zero-order valence-corrected chi connectivity index (χ0v) is 62.7. The number of carbonyl (C=O) groups excluding carboxylic acids is 4. The molecule has 6 atom stereocenters. The van der Waals surface area contributed by atoms with E-state index in [4.69, 9.17) is 37.0 Å². The molecule has 0 aliphatic heterocycles. The third-order valence-electron chi connectivity index (χ3n) is 17.1. The summed E-state index contributed by atoms with van der Waals surface area (Å²) in [6.45, 7) is 11.8. The molecule has 0 aromatic heterocycles. The number of hydrogen-bond donors (Lipinski definition) is 3. The van der Waals surface area contributed by atoms with Gasteiger partial charge in [0.05, 0.1) is 26.4 Å². The number of carbonyl (C=O) groups is 4. The molecule has 3 unspecified atom stereocenters. The van der Waals surface area contributed by atoms with Crippen molar-refractivity contribution in [2.45, 2.75) is 375 Å². The van der Waals surface area contributed by atoms with Gasteiger partial charge in [-0.05, 0) is 69.1 Å². The van der Waals surface area contributed by atoms with Crippen molar-refractivity contribution in [3.05, 3.63) is 24.3 Å². The van der Waals surface area contributed by atoms with Gasteiger partial charge in [-0.2, -0.15) is 0 Å². The van der Waals surface area contributed by atoms with Crippen LogP contribution in [-0.2, 0) is 65.4 Å². The van der Waals surface area contributed by atoms with Gasteiger partial charge in [0.15, 0.2) is 12.2 Å². The predicted molar refractivity (Wildman–Crippen MR) is 381 cm³/mol. The van der Waals surface area contributed by atoms with Crippen LogP contribution in [0.5, 0.6) is 0 Å². The molecule has 0 saturated carbocycles. The first-order chi connectivity index (χ1) is 45.3. The summed E-state index contributed by atoms with van der Waals surface area (Å²) in [5.41, 5.74) is 0. The monoisotopic (exact) mass is 1380 g/mol. The average molecular weight is 1380 g/mol. The van der Waals surface area contributed by atoms with E-state index in [-0.39, 0.29) is 25.7 Å². The zero-order valence-electron chi connectivity index (χ0n) is 60.9. The lowest BCUT2D eigenvalue weighted by Crippen LogP contribution is -2.30. The van der Waals surface area contributed by atoms with Gasteiger partial charge in [0.25, 0.3) is 0 Å². The number of phosphoric acid groups is 2. The van der Waals surface area contributed by atoms with Crippen LogP contribution in [-0.4, -0.2) is 96.7 Å². The normalized spacial score (nSPS) is 14.6. The fraction of sp³-hybridized carbons (Fsp3) is 0.893. The first-order valence-electron chi connectivity index (χ1n) is 38.2. The Morgan fingerprint density at radius 3 is 0.947 bits per heavy atom. The van der Waals surface area contributed by atoms with Crippen LogP contribution in [0.3, 0.4) is 0 Å². The van der Waals surface area contributed by atoms with Gasteiger partial charge in [-0.3, -0.25) is 37.3 Å². The van der Waals surface area contributed by atoms with E-state index in [1.165, 1.54) is 148 Å². The van der Waals surface area contributed by atoms with Crippen molar-refractivity contribution >= 4 is 39.5 Å². The van der Waals surface area contributed by atoms with Gasteiger partial charge < -0.3 is 33.8 Å². The SMILES string of the molecule is CCCCCC/C=C\C=C/CCCCCCCC(=O)O[C@H](COC(=O)CCCCCCCCC(C)CC)COP(=O)(O)OC[C@H](O)COP(=O)(O)OC[C@@H](COC(=O)CCCCCCCCCCCCCCCCC(C)C)OC(=O)CCCCCCCCCCCC(C)C. The number of allylic oxidation sites excluding steroid dienone is 4.